The van der Waals surface area contributed by atoms with E-state index in [0.29, 0.717) is 12.0 Å². The lowest BCUT2D eigenvalue weighted by atomic mass is 10.0. The van der Waals surface area contributed by atoms with Gasteiger partial charge in [-0.15, -0.1) is 0 Å². The van der Waals surface area contributed by atoms with E-state index in [-0.39, 0.29) is 0 Å². The lowest BCUT2D eigenvalue weighted by Crippen LogP contribution is -2.37. The largest absolute Gasteiger partial charge is 0.380 e. The Bertz CT molecular complexity index is 366. The number of rotatable bonds is 7. The molecule has 0 spiro atoms. The molecule has 0 bridgehead atoms. The topological polar surface area (TPSA) is 21.3 Å². The molecule has 0 fully saturated rings. The zero-order chi connectivity index (χ0) is 13.5. The van der Waals surface area contributed by atoms with Gasteiger partial charge in [-0.25, -0.2) is 0 Å². The van der Waals surface area contributed by atoms with Gasteiger partial charge in [-0.1, -0.05) is 41.9 Å². The molecule has 0 aromatic heterocycles. The van der Waals surface area contributed by atoms with Gasteiger partial charge in [0.15, 0.2) is 0 Å². The molecule has 1 unspecified atom stereocenters. The molecule has 0 saturated carbocycles. The highest BCUT2D eigenvalue weighted by atomic mass is 79.9. The van der Waals surface area contributed by atoms with Gasteiger partial charge in [-0.05, 0) is 37.0 Å². The minimum atomic E-state index is 0.401. The summed E-state index contributed by atoms with van der Waals surface area (Å²) >= 11 is 3.62. The van der Waals surface area contributed by atoms with Crippen LogP contribution in [0, 0.1) is 12.8 Å². The quantitative estimate of drug-likeness (QED) is 0.824. The van der Waals surface area contributed by atoms with Crippen LogP contribution in [0.2, 0.25) is 0 Å². The first-order valence-electron chi connectivity index (χ1n) is 6.60. The molecule has 0 amide bonds. The Morgan fingerprint density at radius 1 is 1.33 bits per heavy atom. The van der Waals surface area contributed by atoms with Gasteiger partial charge in [0.25, 0.3) is 0 Å². The summed E-state index contributed by atoms with van der Waals surface area (Å²) in [6, 6.07) is 6.88. The third-order valence-electron chi connectivity index (χ3n) is 3.07. The molecule has 1 aromatic rings. The average molecular weight is 314 g/mol. The number of hydrogen-bond acceptors (Lipinski definition) is 2. The number of benzene rings is 1. The summed E-state index contributed by atoms with van der Waals surface area (Å²) in [5, 5.41) is 3.58. The second-order valence-corrected chi connectivity index (χ2v) is 5.84. The second kappa shape index (κ2) is 7.93. The molecule has 0 aliphatic carbocycles. The van der Waals surface area contributed by atoms with Crippen molar-refractivity contribution in [3.8, 4) is 0 Å². The first-order chi connectivity index (χ1) is 8.54. The zero-order valence-corrected chi connectivity index (χ0v) is 13.4. The molecule has 1 N–H and O–H groups in total. The van der Waals surface area contributed by atoms with E-state index in [0.717, 1.165) is 19.8 Å². The minimum Gasteiger partial charge on any atom is -0.380 e. The van der Waals surface area contributed by atoms with E-state index in [1.54, 1.807) is 0 Å². The van der Waals surface area contributed by atoms with Gasteiger partial charge < -0.3 is 10.1 Å². The molecule has 0 saturated heterocycles. The molecule has 0 heterocycles. The van der Waals surface area contributed by atoms with Crippen LogP contribution in [0.3, 0.4) is 0 Å². The van der Waals surface area contributed by atoms with Crippen molar-refractivity contribution in [1.29, 1.82) is 0 Å². The van der Waals surface area contributed by atoms with Crippen molar-refractivity contribution >= 4 is 15.9 Å². The van der Waals surface area contributed by atoms with Crippen LogP contribution in [-0.2, 0) is 11.3 Å². The Labute approximate surface area is 119 Å². The van der Waals surface area contributed by atoms with E-state index < -0.39 is 0 Å². The van der Waals surface area contributed by atoms with Crippen LogP contribution in [-0.4, -0.2) is 19.3 Å². The van der Waals surface area contributed by atoms with Gasteiger partial charge in [0.1, 0.15) is 0 Å². The highest BCUT2D eigenvalue weighted by molar-refractivity contribution is 9.10. The predicted molar refractivity (Wildman–Crippen MR) is 80.8 cm³/mol. The minimum absolute atomic E-state index is 0.401. The van der Waals surface area contributed by atoms with Gasteiger partial charge in [0.05, 0.1) is 6.61 Å². The van der Waals surface area contributed by atoms with Gasteiger partial charge >= 0.3 is 0 Å². The fourth-order valence-corrected chi connectivity index (χ4v) is 2.40. The van der Waals surface area contributed by atoms with Crippen molar-refractivity contribution in [2.75, 3.05) is 13.2 Å². The Morgan fingerprint density at radius 3 is 2.61 bits per heavy atom. The van der Waals surface area contributed by atoms with Crippen LogP contribution in [0.25, 0.3) is 0 Å². The average Bonchev–Trinajstić information content (AvgIpc) is 2.31. The van der Waals surface area contributed by atoms with Crippen molar-refractivity contribution in [2.45, 2.75) is 40.3 Å². The zero-order valence-electron chi connectivity index (χ0n) is 11.8. The molecule has 0 radical (unpaired) electrons. The van der Waals surface area contributed by atoms with E-state index >= 15 is 0 Å². The van der Waals surface area contributed by atoms with Crippen molar-refractivity contribution in [2.24, 2.45) is 5.92 Å². The third-order valence-corrected chi connectivity index (χ3v) is 3.81. The van der Waals surface area contributed by atoms with Crippen LogP contribution < -0.4 is 5.32 Å². The highest BCUT2D eigenvalue weighted by Crippen LogP contribution is 2.18. The Kier molecular flexibility index (Phi) is 6.90. The molecule has 2 nitrogen and oxygen atoms in total. The summed E-state index contributed by atoms with van der Waals surface area (Å²) in [4.78, 5) is 0. The molecule has 1 aromatic carbocycles. The first-order valence-corrected chi connectivity index (χ1v) is 7.40. The summed E-state index contributed by atoms with van der Waals surface area (Å²) in [5.41, 5.74) is 2.57. The Hall–Kier alpha value is -0.380. The Morgan fingerprint density at radius 2 is 2.06 bits per heavy atom. The van der Waals surface area contributed by atoms with E-state index in [2.05, 4.69) is 60.2 Å². The maximum absolute atomic E-state index is 5.52. The molecule has 1 rings (SSSR count). The molecule has 0 aliphatic rings. The molecule has 3 heteroatoms. The van der Waals surface area contributed by atoms with Gasteiger partial charge in [-0.3, -0.25) is 0 Å². The van der Waals surface area contributed by atoms with Crippen LogP contribution in [0.1, 0.15) is 31.9 Å². The van der Waals surface area contributed by atoms with Crippen LogP contribution in [0.4, 0.5) is 0 Å². The fraction of sp³-hybridized carbons (Fsp3) is 0.600. The highest BCUT2D eigenvalue weighted by Gasteiger charge is 2.13. The number of hydrogen-bond donors (Lipinski definition) is 1. The van der Waals surface area contributed by atoms with E-state index in [4.69, 9.17) is 4.74 Å². The van der Waals surface area contributed by atoms with Crippen molar-refractivity contribution in [3.63, 3.8) is 0 Å². The van der Waals surface area contributed by atoms with Crippen molar-refractivity contribution in [1.82, 2.24) is 5.32 Å². The van der Waals surface area contributed by atoms with Gasteiger partial charge in [-0.2, -0.15) is 0 Å². The van der Waals surface area contributed by atoms with Crippen LogP contribution >= 0.6 is 15.9 Å². The summed E-state index contributed by atoms with van der Waals surface area (Å²) in [7, 11) is 0. The van der Waals surface area contributed by atoms with Crippen molar-refractivity contribution < 1.29 is 4.74 Å². The SMILES string of the molecule is CCOCC(NCc1ccc(C)cc1Br)C(C)C. The Balaban J connectivity index is 2.55. The molecule has 18 heavy (non-hydrogen) atoms. The fourth-order valence-electron chi connectivity index (χ4n) is 1.77. The van der Waals surface area contributed by atoms with Crippen LogP contribution in [0.5, 0.6) is 0 Å². The van der Waals surface area contributed by atoms with Gasteiger partial charge in [0, 0.05) is 23.7 Å². The molecule has 0 aliphatic heterocycles. The summed E-state index contributed by atoms with van der Waals surface area (Å²) < 4.78 is 6.70. The summed E-state index contributed by atoms with van der Waals surface area (Å²) in [5.74, 6) is 0.570. The lowest BCUT2D eigenvalue weighted by molar-refractivity contribution is 0.108. The summed E-state index contributed by atoms with van der Waals surface area (Å²) in [6.45, 7) is 11.0. The molecule has 102 valence electrons. The maximum atomic E-state index is 5.52. The van der Waals surface area contributed by atoms with E-state index in [1.165, 1.54) is 15.6 Å². The van der Waals surface area contributed by atoms with Gasteiger partial charge in [0.2, 0.25) is 0 Å². The molecular formula is C15H24BrNO. The third kappa shape index (κ3) is 5.09. The molecular weight excluding hydrogens is 290 g/mol. The van der Waals surface area contributed by atoms with Crippen molar-refractivity contribution in [3.05, 3.63) is 33.8 Å². The number of halogens is 1. The number of nitrogens with one attached hydrogen (secondary N) is 1. The van der Waals surface area contributed by atoms with E-state index in [1.807, 2.05) is 6.92 Å². The smallest absolute Gasteiger partial charge is 0.0622 e. The van der Waals surface area contributed by atoms with E-state index in [9.17, 15) is 0 Å². The monoisotopic (exact) mass is 313 g/mol. The number of aryl methyl sites for hydroxylation is 1. The molecule has 1 atom stereocenters. The lowest BCUT2D eigenvalue weighted by Gasteiger charge is -2.22. The number of ether oxygens (including phenoxy) is 1. The second-order valence-electron chi connectivity index (χ2n) is 4.99. The summed E-state index contributed by atoms with van der Waals surface area (Å²) in [6.07, 6.45) is 0. The normalized spacial score (nSPS) is 13.0. The predicted octanol–water partition coefficient (Wildman–Crippen LogP) is 3.91. The first kappa shape index (κ1) is 15.7. The van der Waals surface area contributed by atoms with Crippen LogP contribution in [0.15, 0.2) is 22.7 Å². The standard InChI is InChI=1S/C15H24BrNO/c1-5-18-10-15(11(2)3)17-9-13-7-6-12(4)8-14(13)16/h6-8,11,15,17H,5,9-10H2,1-4H3. The maximum Gasteiger partial charge on any atom is 0.0622 e.